The van der Waals surface area contributed by atoms with E-state index in [1.807, 2.05) is 0 Å². The Morgan fingerprint density at radius 3 is 2.46 bits per heavy atom. The summed E-state index contributed by atoms with van der Waals surface area (Å²) < 4.78 is 6.52. The fourth-order valence-corrected chi connectivity index (χ4v) is 2.58. The van der Waals surface area contributed by atoms with Crippen LogP contribution < -0.4 is 0 Å². The second-order valence-corrected chi connectivity index (χ2v) is 6.29. The van der Waals surface area contributed by atoms with E-state index < -0.39 is 5.97 Å². The van der Waals surface area contributed by atoms with Crippen molar-refractivity contribution >= 4 is 44.7 Å². The fraction of sp³-hybridized carbons (Fsp3) is 0.0526. The lowest BCUT2D eigenvalue weighted by molar-refractivity contribution is -0.132. The van der Waals surface area contributed by atoms with Crippen LogP contribution in [0.15, 0.2) is 63.0 Å². The molecule has 24 heavy (non-hydrogen) atoms. The molecule has 0 spiro atoms. The van der Waals surface area contributed by atoms with Crippen LogP contribution in [0.25, 0.3) is 17.0 Å². The minimum atomic E-state index is -0.964. The number of aliphatic carboxylic acids is 1. The Morgan fingerprint density at radius 1 is 1.08 bits per heavy atom. The van der Waals surface area contributed by atoms with Gasteiger partial charge in [-0.1, -0.05) is 22.0 Å². The van der Waals surface area contributed by atoms with Crippen LogP contribution >= 0.6 is 15.9 Å². The standard InChI is InChI=1S/C19H13BrO4/c1-11(19(22)23)8-12-2-7-16-14(9-12)10-17(24-16)18(21)13-3-5-15(20)6-4-13/h2-10H,1H3,(H,22,23)/b11-8+. The van der Waals surface area contributed by atoms with Crippen LogP contribution in [0.3, 0.4) is 0 Å². The lowest BCUT2D eigenvalue weighted by Gasteiger charge is -1.97. The lowest BCUT2D eigenvalue weighted by atomic mass is 10.1. The van der Waals surface area contributed by atoms with Crippen molar-refractivity contribution in [2.24, 2.45) is 0 Å². The molecule has 4 nitrogen and oxygen atoms in total. The number of halogens is 1. The van der Waals surface area contributed by atoms with Crippen LogP contribution in [0.4, 0.5) is 0 Å². The van der Waals surface area contributed by atoms with E-state index in [0.29, 0.717) is 11.1 Å². The molecule has 0 saturated carbocycles. The number of hydrogen-bond acceptors (Lipinski definition) is 3. The molecule has 0 atom stereocenters. The number of carboxylic acid groups (broad SMARTS) is 1. The van der Waals surface area contributed by atoms with Crippen molar-refractivity contribution < 1.29 is 19.1 Å². The minimum Gasteiger partial charge on any atom is -0.478 e. The van der Waals surface area contributed by atoms with Gasteiger partial charge in [0.15, 0.2) is 5.76 Å². The summed E-state index contributed by atoms with van der Waals surface area (Å²) in [5.41, 5.74) is 2.11. The second kappa shape index (κ2) is 6.45. The van der Waals surface area contributed by atoms with E-state index in [-0.39, 0.29) is 17.1 Å². The second-order valence-electron chi connectivity index (χ2n) is 5.38. The molecule has 3 rings (SSSR count). The van der Waals surface area contributed by atoms with Gasteiger partial charge in [-0.05, 0) is 61.0 Å². The summed E-state index contributed by atoms with van der Waals surface area (Å²) in [5.74, 6) is -0.908. The third-order valence-corrected chi connectivity index (χ3v) is 4.12. The summed E-state index contributed by atoms with van der Waals surface area (Å²) in [5, 5.41) is 9.70. The molecule has 0 aliphatic rings. The summed E-state index contributed by atoms with van der Waals surface area (Å²) in [7, 11) is 0. The number of carbonyl (C=O) groups is 2. The van der Waals surface area contributed by atoms with E-state index in [4.69, 9.17) is 9.52 Å². The third kappa shape index (κ3) is 3.31. The molecule has 0 bridgehead atoms. The van der Waals surface area contributed by atoms with Crippen LogP contribution in [0.2, 0.25) is 0 Å². The molecule has 0 unspecified atom stereocenters. The van der Waals surface area contributed by atoms with Crippen LogP contribution in [0.1, 0.15) is 28.6 Å². The van der Waals surface area contributed by atoms with Crippen molar-refractivity contribution in [2.75, 3.05) is 0 Å². The Balaban J connectivity index is 1.96. The fourth-order valence-electron chi connectivity index (χ4n) is 2.32. The first-order chi connectivity index (χ1) is 11.4. The molecule has 5 heteroatoms. The van der Waals surface area contributed by atoms with Gasteiger partial charge in [-0.15, -0.1) is 0 Å². The normalized spacial score (nSPS) is 11.7. The van der Waals surface area contributed by atoms with Gasteiger partial charge in [-0.3, -0.25) is 4.79 Å². The average molecular weight is 385 g/mol. The predicted molar refractivity (Wildman–Crippen MR) is 95.1 cm³/mol. The average Bonchev–Trinajstić information content (AvgIpc) is 2.98. The van der Waals surface area contributed by atoms with Crippen molar-refractivity contribution in [1.82, 2.24) is 0 Å². The van der Waals surface area contributed by atoms with Gasteiger partial charge in [-0.25, -0.2) is 4.79 Å². The Labute approximate surface area is 146 Å². The molecule has 2 aromatic carbocycles. The highest BCUT2D eigenvalue weighted by Gasteiger charge is 2.14. The highest BCUT2D eigenvalue weighted by Crippen LogP contribution is 2.24. The molecule has 1 N–H and O–H groups in total. The molecular weight excluding hydrogens is 372 g/mol. The number of furan rings is 1. The van der Waals surface area contributed by atoms with Gasteiger partial charge < -0.3 is 9.52 Å². The zero-order valence-electron chi connectivity index (χ0n) is 12.7. The van der Waals surface area contributed by atoms with Gasteiger partial charge in [0.2, 0.25) is 5.78 Å². The summed E-state index contributed by atoms with van der Waals surface area (Å²) in [4.78, 5) is 23.4. The van der Waals surface area contributed by atoms with Gasteiger partial charge in [0.25, 0.3) is 0 Å². The molecule has 0 aliphatic carbocycles. The topological polar surface area (TPSA) is 67.5 Å². The quantitative estimate of drug-likeness (QED) is 0.512. The van der Waals surface area contributed by atoms with E-state index in [2.05, 4.69) is 15.9 Å². The van der Waals surface area contributed by atoms with Crippen molar-refractivity contribution in [2.45, 2.75) is 6.92 Å². The number of carbonyl (C=O) groups excluding carboxylic acids is 1. The third-order valence-electron chi connectivity index (χ3n) is 3.59. The summed E-state index contributed by atoms with van der Waals surface area (Å²) in [6.45, 7) is 1.53. The van der Waals surface area contributed by atoms with E-state index in [1.165, 1.54) is 6.92 Å². The summed E-state index contributed by atoms with van der Waals surface area (Å²) in [6.07, 6.45) is 1.57. The smallest absolute Gasteiger partial charge is 0.331 e. The number of carboxylic acids is 1. The predicted octanol–water partition coefficient (Wildman–Crippen LogP) is 4.91. The van der Waals surface area contributed by atoms with Crippen LogP contribution in [0, 0.1) is 0 Å². The first kappa shape index (κ1) is 16.2. The van der Waals surface area contributed by atoms with E-state index >= 15 is 0 Å². The SMILES string of the molecule is C/C(=C\c1ccc2oc(C(=O)c3ccc(Br)cc3)cc2c1)C(=O)O. The van der Waals surface area contributed by atoms with Gasteiger partial charge in [0, 0.05) is 21.0 Å². The van der Waals surface area contributed by atoms with Gasteiger partial charge >= 0.3 is 5.97 Å². The van der Waals surface area contributed by atoms with Crippen molar-refractivity contribution in [1.29, 1.82) is 0 Å². The number of benzene rings is 2. The molecule has 1 heterocycles. The monoisotopic (exact) mass is 384 g/mol. The molecular formula is C19H13BrO4. The molecule has 0 aliphatic heterocycles. The molecule has 0 amide bonds. The van der Waals surface area contributed by atoms with Crippen LogP contribution in [-0.2, 0) is 4.79 Å². The Bertz CT molecular complexity index is 965. The number of ketones is 1. The van der Waals surface area contributed by atoms with Gasteiger partial charge in [-0.2, -0.15) is 0 Å². The Morgan fingerprint density at radius 2 is 1.79 bits per heavy atom. The largest absolute Gasteiger partial charge is 0.478 e. The first-order valence-electron chi connectivity index (χ1n) is 7.19. The van der Waals surface area contributed by atoms with E-state index in [0.717, 1.165) is 15.4 Å². The van der Waals surface area contributed by atoms with E-state index in [9.17, 15) is 9.59 Å². The van der Waals surface area contributed by atoms with Crippen molar-refractivity contribution in [3.05, 3.63) is 75.5 Å². The summed E-state index contributed by atoms with van der Waals surface area (Å²) >= 11 is 3.33. The number of fused-ring (bicyclic) bond motifs is 1. The molecule has 0 radical (unpaired) electrons. The molecule has 0 fully saturated rings. The van der Waals surface area contributed by atoms with Gasteiger partial charge in [0.1, 0.15) is 5.58 Å². The van der Waals surface area contributed by atoms with Crippen LogP contribution in [-0.4, -0.2) is 16.9 Å². The minimum absolute atomic E-state index is 0.197. The van der Waals surface area contributed by atoms with Crippen molar-refractivity contribution in [3.8, 4) is 0 Å². The van der Waals surface area contributed by atoms with E-state index in [1.54, 1.807) is 54.6 Å². The maximum absolute atomic E-state index is 12.5. The highest BCUT2D eigenvalue weighted by atomic mass is 79.9. The maximum Gasteiger partial charge on any atom is 0.331 e. The van der Waals surface area contributed by atoms with Crippen LogP contribution in [0.5, 0.6) is 0 Å². The summed E-state index contributed by atoms with van der Waals surface area (Å²) in [6, 6.07) is 14.0. The first-order valence-corrected chi connectivity index (χ1v) is 7.99. The van der Waals surface area contributed by atoms with Crippen molar-refractivity contribution in [3.63, 3.8) is 0 Å². The zero-order valence-corrected chi connectivity index (χ0v) is 14.3. The Hall–Kier alpha value is -2.66. The zero-order chi connectivity index (χ0) is 17.3. The Kier molecular flexibility index (Phi) is 4.36. The van der Waals surface area contributed by atoms with Gasteiger partial charge in [0.05, 0.1) is 0 Å². The maximum atomic E-state index is 12.5. The molecule has 3 aromatic rings. The molecule has 120 valence electrons. The highest BCUT2D eigenvalue weighted by molar-refractivity contribution is 9.10. The lowest BCUT2D eigenvalue weighted by Crippen LogP contribution is -1.98. The number of rotatable bonds is 4. The molecule has 1 aromatic heterocycles. The number of hydrogen-bond donors (Lipinski definition) is 1. The molecule has 0 saturated heterocycles.